The predicted octanol–water partition coefficient (Wildman–Crippen LogP) is 3.60. The fourth-order valence-corrected chi connectivity index (χ4v) is 6.57. The molecule has 0 bridgehead atoms. The lowest BCUT2D eigenvalue weighted by atomic mass is 9.94. The average Bonchev–Trinajstić information content (AvgIpc) is 3.63. The van der Waals surface area contributed by atoms with Crippen LogP contribution in [0.4, 0.5) is 5.82 Å². The van der Waals surface area contributed by atoms with E-state index >= 15 is 0 Å². The van der Waals surface area contributed by atoms with E-state index < -0.39 is 62.2 Å². The highest BCUT2D eigenvalue weighted by Crippen LogP contribution is 2.50. The van der Waals surface area contributed by atoms with Gasteiger partial charge in [-0.1, -0.05) is 39.0 Å². The lowest BCUT2D eigenvalue weighted by Crippen LogP contribution is -2.52. The molecule has 3 N–H and O–H groups in total. The largest absolute Gasteiger partial charge is 0.465 e. The molecule has 0 unspecified atom stereocenters. The Morgan fingerprint density at radius 3 is 2.50 bits per heavy atom. The molecule has 1 aliphatic heterocycles. The molecule has 0 spiro atoms. The lowest BCUT2D eigenvalue weighted by molar-refractivity contribution is -0.172. The highest BCUT2D eigenvalue weighted by atomic mass is 31.2. The first-order valence-corrected chi connectivity index (χ1v) is 17.0. The first-order chi connectivity index (χ1) is 23.0. The Hall–Kier alpha value is -4.37. The third-order valence-electron chi connectivity index (χ3n) is 7.36. The number of carbonyl (C=O) groups is 3. The van der Waals surface area contributed by atoms with Crippen LogP contribution in [0.15, 0.2) is 53.8 Å². The summed E-state index contributed by atoms with van der Waals surface area (Å²) in [6, 6.07) is 10.4. The Morgan fingerprint density at radius 2 is 1.83 bits per heavy atom. The second-order valence-corrected chi connectivity index (χ2v) is 12.6. The number of nitrogens with one attached hydrogen (secondary N) is 1. The molecule has 16 nitrogen and oxygen atoms in total. The van der Waals surface area contributed by atoms with Crippen molar-refractivity contribution in [2.75, 3.05) is 25.5 Å². The summed E-state index contributed by atoms with van der Waals surface area (Å²) in [5.74, 6) is -1.58. The number of esters is 3. The maximum Gasteiger partial charge on any atom is 0.459 e. The van der Waals surface area contributed by atoms with E-state index in [0.29, 0.717) is 17.6 Å². The van der Waals surface area contributed by atoms with Gasteiger partial charge in [-0.05, 0) is 44.3 Å². The van der Waals surface area contributed by atoms with E-state index in [-0.39, 0.29) is 37.6 Å². The van der Waals surface area contributed by atoms with Gasteiger partial charge in [0, 0.05) is 12.8 Å². The van der Waals surface area contributed by atoms with Crippen LogP contribution >= 0.6 is 7.75 Å². The van der Waals surface area contributed by atoms with Crippen molar-refractivity contribution in [3.63, 3.8) is 0 Å². The van der Waals surface area contributed by atoms with Crippen molar-refractivity contribution < 1.29 is 46.9 Å². The van der Waals surface area contributed by atoms with E-state index in [1.54, 1.807) is 56.3 Å². The topological polar surface area (TPSA) is 204 Å². The number of hydrogen-bond acceptors (Lipinski definition) is 14. The predicted molar refractivity (Wildman–Crippen MR) is 173 cm³/mol. The Bertz CT molecular complexity index is 1640. The van der Waals surface area contributed by atoms with E-state index in [2.05, 4.69) is 26.9 Å². The number of nitrogen functional groups attached to an aromatic ring is 1. The minimum atomic E-state index is -4.43. The Morgan fingerprint density at radius 1 is 1.12 bits per heavy atom. The average molecular weight is 689 g/mol. The zero-order valence-electron chi connectivity index (χ0n) is 27.3. The van der Waals surface area contributed by atoms with Gasteiger partial charge in [-0.3, -0.25) is 23.9 Å². The van der Waals surface area contributed by atoms with E-state index in [0.717, 1.165) is 0 Å². The molecule has 1 fully saturated rings. The number of aliphatic imine (C=N–C) groups is 1. The molecule has 6 atom stereocenters. The summed E-state index contributed by atoms with van der Waals surface area (Å²) in [7, 11) is -4.43. The van der Waals surface area contributed by atoms with Crippen LogP contribution in [-0.2, 0) is 42.4 Å². The van der Waals surface area contributed by atoms with Crippen molar-refractivity contribution in [2.24, 2.45) is 4.99 Å². The molecule has 1 aromatic carbocycles. The highest BCUT2D eigenvalue weighted by molar-refractivity contribution is 7.52. The summed E-state index contributed by atoms with van der Waals surface area (Å²) >= 11 is 0. The normalized spacial score (nSPS) is 22.4. The summed E-state index contributed by atoms with van der Waals surface area (Å²) in [5, 5.41) is 6.92. The van der Waals surface area contributed by atoms with Gasteiger partial charge in [-0.2, -0.15) is 10.2 Å². The summed E-state index contributed by atoms with van der Waals surface area (Å²) in [5.41, 5.74) is 5.15. The van der Waals surface area contributed by atoms with Crippen LogP contribution in [-0.4, -0.2) is 82.8 Å². The Balaban J connectivity index is 1.78. The van der Waals surface area contributed by atoms with Crippen molar-refractivity contribution in [3.8, 4) is 5.75 Å². The van der Waals surface area contributed by atoms with Gasteiger partial charge in [-0.25, -0.2) is 14.1 Å². The fraction of sp³-hybridized carbons (Fsp3) is 0.484. The SMILES string of the molecule is C=NC[C@]1(CO[P@](=O)(N[C@@H](C)C(=O)OCCC)Oc2ccccc2)O[C@@H](c2ccc3c(N)ncnn23)[C@H](OC(=O)CC)[C@@H]1OC(=O)CC. The van der Waals surface area contributed by atoms with Crippen molar-refractivity contribution in [3.05, 3.63) is 54.5 Å². The molecule has 260 valence electrons. The second-order valence-electron chi connectivity index (χ2n) is 11.0. The Kier molecular flexibility index (Phi) is 12.3. The second kappa shape index (κ2) is 16.2. The van der Waals surface area contributed by atoms with Gasteiger partial charge in [0.2, 0.25) is 0 Å². The molecule has 0 radical (unpaired) electrons. The van der Waals surface area contributed by atoms with Crippen LogP contribution in [0.2, 0.25) is 0 Å². The van der Waals surface area contributed by atoms with Crippen molar-refractivity contribution >= 4 is 43.7 Å². The van der Waals surface area contributed by atoms with E-state index in [1.165, 1.54) is 17.8 Å². The molecular formula is C31H41N6O10P. The number of fused-ring (bicyclic) bond motifs is 1. The van der Waals surface area contributed by atoms with Crippen molar-refractivity contribution in [1.82, 2.24) is 19.7 Å². The number of ether oxygens (including phenoxy) is 4. The summed E-state index contributed by atoms with van der Waals surface area (Å²) in [4.78, 5) is 46.4. The van der Waals surface area contributed by atoms with Gasteiger partial charge in [0.05, 0.1) is 25.5 Å². The molecule has 0 amide bonds. The standard InChI is InChI=1S/C31H41N6O10P/c1-6-16-42-30(40)20(4)36-48(41,47-21-12-10-9-11-13-21)43-18-31(17-33-5)28(45-25(39)8-3)27(44-24(38)7-2)26(46-31)22-14-15-23-29(32)34-19-35-37(22)23/h9-15,19-20,26-28H,5-8,16-18H2,1-4H3,(H,36,41)(H2,32,34,35)/t20-,26-,27-,28-,31+,48+/m0/s1. The number of carbonyl (C=O) groups excluding carboxylic acids is 3. The molecule has 0 aliphatic carbocycles. The maximum absolute atomic E-state index is 14.4. The van der Waals surface area contributed by atoms with Crippen molar-refractivity contribution in [2.45, 2.75) is 76.9 Å². The first-order valence-electron chi connectivity index (χ1n) is 15.5. The quantitative estimate of drug-likeness (QED) is 0.0900. The highest BCUT2D eigenvalue weighted by Gasteiger charge is 2.61. The van der Waals surface area contributed by atoms with Gasteiger partial charge >= 0.3 is 25.7 Å². The molecule has 4 rings (SSSR count). The minimum absolute atomic E-state index is 0.000943. The van der Waals surface area contributed by atoms with Gasteiger partial charge < -0.3 is 29.2 Å². The van der Waals surface area contributed by atoms with Crippen LogP contribution in [0.25, 0.3) is 5.52 Å². The molecule has 1 aliphatic rings. The van der Waals surface area contributed by atoms with Crippen LogP contribution in [0.1, 0.15) is 58.8 Å². The number of rotatable bonds is 17. The minimum Gasteiger partial charge on any atom is -0.465 e. The third-order valence-corrected chi connectivity index (χ3v) is 8.99. The monoisotopic (exact) mass is 688 g/mol. The molecule has 3 heterocycles. The van der Waals surface area contributed by atoms with Gasteiger partial charge in [0.1, 0.15) is 29.7 Å². The number of benzene rings is 1. The van der Waals surface area contributed by atoms with E-state index in [9.17, 15) is 18.9 Å². The fourth-order valence-electron chi connectivity index (χ4n) is 5.02. The summed E-state index contributed by atoms with van der Waals surface area (Å²) < 4.78 is 51.3. The van der Waals surface area contributed by atoms with Crippen LogP contribution in [0.3, 0.4) is 0 Å². The van der Waals surface area contributed by atoms with Gasteiger partial charge in [-0.15, -0.1) is 0 Å². The number of nitrogens with zero attached hydrogens (tertiary/aromatic N) is 4. The summed E-state index contributed by atoms with van der Waals surface area (Å²) in [6.07, 6.45) is -1.92. The number of nitrogens with two attached hydrogens (primary N) is 1. The number of para-hydroxylation sites is 1. The van der Waals surface area contributed by atoms with E-state index in [1.807, 2.05) is 6.92 Å². The molecule has 17 heteroatoms. The molecule has 3 aromatic rings. The zero-order chi connectivity index (χ0) is 34.9. The van der Waals surface area contributed by atoms with Crippen molar-refractivity contribution in [1.29, 1.82) is 0 Å². The van der Waals surface area contributed by atoms with Gasteiger partial charge in [0.15, 0.2) is 23.6 Å². The van der Waals surface area contributed by atoms with Crippen LogP contribution < -0.4 is 15.3 Å². The molecule has 48 heavy (non-hydrogen) atoms. The number of hydrogen-bond donors (Lipinski definition) is 2. The smallest absolute Gasteiger partial charge is 0.459 e. The molecular weight excluding hydrogens is 647 g/mol. The maximum atomic E-state index is 14.4. The van der Waals surface area contributed by atoms with Gasteiger partial charge in [0.25, 0.3) is 0 Å². The van der Waals surface area contributed by atoms with E-state index in [4.69, 9.17) is 33.7 Å². The number of anilines is 1. The third kappa shape index (κ3) is 8.37. The zero-order valence-corrected chi connectivity index (χ0v) is 28.2. The summed E-state index contributed by atoms with van der Waals surface area (Å²) in [6.45, 7) is 9.39. The van der Waals surface area contributed by atoms with Crippen LogP contribution in [0, 0.1) is 0 Å². The molecule has 2 aromatic heterocycles. The van der Waals surface area contributed by atoms with Crippen LogP contribution in [0.5, 0.6) is 5.75 Å². The Labute approximate surface area is 277 Å². The molecule has 1 saturated heterocycles. The number of aromatic nitrogens is 3. The lowest BCUT2D eigenvalue weighted by Gasteiger charge is -2.34. The first kappa shape index (κ1) is 36.5. The molecule has 0 saturated carbocycles.